The Kier molecular flexibility index (Phi) is 6.76. The summed E-state index contributed by atoms with van der Waals surface area (Å²) < 4.78 is 0. The van der Waals surface area contributed by atoms with Crippen molar-refractivity contribution in [2.24, 2.45) is 9.98 Å². The summed E-state index contributed by atoms with van der Waals surface area (Å²) in [7, 11) is 0. The molecular weight excluding hydrogens is 395 g/mol. The molecule has 0 aliphatic carbocycles. The minimum Gasteiger partial charge on any atom is -0.358 e. The van der Waals surface area contributed by atoms with Crippen LogP contribution >= 0.6 is 48.3 Å². The molecule has 0 saturated carbocycles. The summed E-state index contributed by atoms with van der Waals surface area (Å²) in [5, 5.41) is 7.90. The Hall–Kier alpha value is -0.820. The summed E-state index contributed by atoms with van der Waals surface area (Å²) in [5.74, 6) is 0.927. The molecule has 0 atom stereocenters. The number of aliphatic imine (C=N–C) groups is 2. The number of halogens is 2. The molecule has 4 nitrogen and oxygen atoms in total. The molecule has 0 saturated heterocycles. The predicted molar refractivity (Wildman–Crippen MR) is 115 cm³/mol. The molecule has 3 heterocycles. The third-order valence-corrected chi connectivity index (χ3v) is 6.02. The molecule has 3 aliphatic heterocycles. The Morgan fingerprint density at radius 1 is 1.20 bits per heavy atom. The molecule has 1 N–H and O–H groups in total. The number of benzene rings is 1. The second-order valence-corrected chi connectivity index (χ2v) is 8.40. The fraction of sp³-hybridized carbons (Fsp3) is 0.412. The van der Waals surface area contributed by atoms with Crippen LogP contribution in [0.4, 0.5) is 0 Å². The van der Waals surface area contributed by atoms with Crippen LogP contribution in [-0.4, -0.2) is 33.1 Å². The van der Waals surface area contributed by atoms with Gasteiger partial charge in [0, 0.05) is 11.4 Å². The van der Waals surface area contributed by atoms with Gasteiger partial charge in [0.05, 0.1) is 25.2 Å². The van der Waals surface area contributed by atoms with Gasteiger partial charge in [0.25, 0.3) is 0 Å². The van der Waals surface area contributed by atoms with E-state index in [1.165, 1.54) is 16.8 Å². The lowest BCUT2D eigenvalue weighted by atomic mass is 10.1. The molecule has 1 aromatic rings. The van der Waals surface area contributed by atoms with Gasteiger partial charge in [-0.3, -0.25) is 9.98 Å². The molecule has 0 amide bonds. The van der Waals surface area contributed by atoms with Crippen molar-refractivity contribution >= 4 is 58.7 Å². The fourth-order valence-electron chi connectivity index (χ4n) is 2.83. The standard InChI is InChI=1S/C17H20N4S2.2ClH/c1-17(2)11-19-15(20-17)22-9-14-10-23-16-18-7-12-5-3-4-6-13(12)8-21(14)16;;/h3-6,10H,7-9,11H2,1-2H3,(H,19,20);2*1H. The maximum atomic E-state index is 4.78. The summed E-state index contributed by atoms with van der Waals surface area (Å²) in [5.41, 5.74) is 4.13. The normalized spacial score (nSPS) is 19.9. The number of nitrogens with zero attached hydrogens (tertiary/aromatic N) is 3. The zero-order valence-corrected chi connectivity index (χ0v) is 17.5. The van der Waals surface area contributed by atoms with Crippen molar-refractivity contribution in [1.82, 2.24) is 10.2 Å². The number of fused-ring (bicyclic) bond motifs is 2. The van der Waals surface area contributed by atoms with E-state index in [-0.39, 0.29) is 30.4 Å². The number of hydrogen-bond acceptors (Lipinski definition) is 6. The molecule has 0 aromatic heterocycles. The fourth-order valence-corrected chi connectivity index (χ4v) is 4.86. The van der Waals surface area contributed by atoms with Crippen LogP contribution < -0.4 is 5.32 Å². The molecule has 136 valence electrons. The third-order valence-electron chi connectivity index (χ3n) is 4.13. The van der Waals surface area contributed by atoms with Crippen LogP contribution in [0.25, 0.3) is 0 Å². The van der Waals surface area contributed by atoms with E-state index in [1.54, 1.807) is 23.5 Å². The monoisotopic (exact) mass is 416 g/mol. The van der Waals surface area contributed by atoms with Crippen molar-refractivity contribution in [3.63, 3.8) is 0 Å². The molecule has 3 aliphatic rings. The molecule has 0 bridgehead atoms. The van der Waals surface area contributed by atoms with Crippen molar-refractivity contribution in [1.29, 1.82) is 0 Å². The highest BCUT2D eigenvalue weighted by Crippen LogP contribution is 2.33. The molecule has 0 unspecified atom stereocenters. The summed E-state index contributed by atoms with van der Waals surface area (Å²) in [4.78, 5) is 11.7. The molecule has 4 rings (SSSR count). The van der Waals surface area contributed by atoms with Crippen LogP contribution in [-0.2, 0) is 13.1 Å². The van der Waals surface area contributed by atoms with Crippen molar-refractivity contribution < 1.29 is 0 Å². The van der Waals surface area contributed by atoms with Crippen molar-refractivity contribution in [3.05, 3.63) is 46.5 Å². The van der Waals surface area contributed by atoms with Gasteiger partial charge in [-0.15, -0.1) is 24.8 Å². The largest absolute Gasteiger partial charge is 0.358 e. The Morgan fingerprint density at radius 2 is 1.96 bits per heavy atom. The summed E-state index contributed by atoms with van der Waals surface area (Å²) in [6.07, 6.45) is 0. The van der Waals surface area contributed by atoms with Gasteiger partial charge in [0.2, 0.25) is 0 Å². The first-order valence-electron chi connectivity index (χ1n) is 7.81. The molecular formula is C17H22Cl2N4S2. The second-order valence-electron chi connectivity index (χ2n) is 6.60. The molecule has 0 radical (unpaired) electrons. The topological polar surface area (TPSA) is 40.0 Å². The highest BCUT2D eigenvalue weighted by atomic mass is 35.5. The maximum Gasteiger partial charge on any atom is 0.168 e. The lowest BCUT2D eigenvalue weighted by Gasteiger charge is -2.22. The first-order chi connectivity index (χ1) is 11.1. The van der Waals surface area contributed by atoms with E-state index in [1.807, 2.05) is 0 Å². The minimum absolute atomic E-state index is 0. The van der Waals surface area contributed by atoms with Crippen molar-refractivity contribution in [2.45, 2.75) is 32.5 Å². The predicted octanol–water partition coefficient (Wildman–Crippen LogP) is 4.26. The molecule has 0 spiro atoms. The lowest BCUT2D eigenvalue weighted by molar-refractivity contribution is 0.508. The molecule has 8 heteroatoms. The Bertz CT molecular complexity index is 731. The number of amidine groups is 2. The first-order valence-corrected chi connectivity index (χ1v) is 9.67. The number of nitrogens with one attached hydrogen (secondary N) is 1. The Balaban J connectivity index is 0.00000113. The minimum atomic E-state index is 0. The van der Waals surface area contributed by atoms with E-state index < -0.39 is 0 Å². The van der Waals surface area contributed by atoms with Gasteiger partial charge >= 0.3 is 0 Å². The van der Waals surface area contributed by atoms with Gasteiger partial charge < -0.3 is 10.2 Å². The summed E-state index contributed by atoms with van der Waals surface area (Å²) in [6, 6.07) is 8.61. The van der Waals surface area contributed by atoms with Gasteiger partial charge in [-0.2, -0.15) is 0 Å². The summed E-state index contributed by atoms with van der Waals surface area (Å²) in [6.45, 7) is 6.93. The number of rotatable bonds is 2. The zero-order valence-electron chi connectivity index (χ0n) is 14.2. The quantitative estimate of drug-likeness (QED) is 0.781. The van der Waals surface area contributed by atoms with Gasteiger partial charge in [0.1, 0.15) is 0 Å². The first kappa shape index (κ1) is 20.5. The zero-order chi connectivity index (χ0) is 15.9. The average molecular weight is 417 g/mol. The summed E-state index contributed by atoms with van der Waals surface area (Å²) >= 11 is 3.53. The van der Waals surface area contributed by atoms with E-state index in [4.69, 9.17) is 4.99 Å². The Labute approximate surface area is 169 Å². The number of hydrogen-bond donors (Lipinski definition) is 1. The highest BCUT2D eigenvalue weighted by molar-refractivity contribution is 8.17. The van der Waals surface area contributed by atoms with Gasteiger partial charge in [-0.05, 0) is 30.4 Å². The average Bonchev–Trinajstić information content (AvgIpc) is 3.01. The van der Waals surface area contributed by atoms with Crippen LogP contribution in [0, 0.1) is 0 Å². The smallest absolute Gasteiger partial charge is 0.168 e. The van der Waals surface area contributed by atoms with Crippen LogP contribution in [0.3, 0.4) is 0 Å². The molecule has 0 fully saturated rings. The van der Waals surface area contributed by atoms with E-state index in [0.717, 1.165) is 35.7 Å². The van der Waals surface area contributed by atoms with Gasteiger partial charge in [-0.25, -0.2) is 0 Å². The second kappa shape index (κ2) is 8.25. The lowest BCUT2D eigenvalue weighted by Crippen LogP contribution is -2.38. The third kappa shape index (κ3) is 4.48. The van der Waals surface area contributed by atoms with Gasteiger partial charge in [0.15, 0.2) is 10.3 Å². The van der Waals surface area contributed by atoms with Crippen molar-refractivity contribution in [2.75, 3.05) is 12.3 Å². The van der Waals surface area contributed by atoms with E-state index in [2.05, 4.69) is 58.7 Å². The maximum absolute atomic E-state index is 4.78. The van der Waals surface area contributed by atoms with Crippen LogP contribution in [0.1, 0.15) is 25.0 Å². The SMILES string of the molecule is CC1(C)CN=C(SCC2=CSC3=NCc4ccccc4CN23)N1.Cl.Cl. The van der Waals surface area contributed by atoms with Crippen LogP contribution in [0.5, 0.6) is 0 Å². The Morgan fingerprint density at radius 3 is 2.68 bits per heavy atom. The highest BCUT2D eigenvalue weighted by Gasteiger charge is 2.28. The van der Waals surface area contributed by atoms with Crippen LogP contribution in [0.2, 0.25) is 0 Å². The number of thioether (sulfide) groups is 2. The molecule has 25 heavy (non-hydrogen) atoms. The van der Waals surface area contributed by atoms with Crippen molar-refractivity contribution in [3.8, 4) is 0 Å². The van der Waals surface area contributed by atoms with E-state index in [9.17, 15) is 0 Å². The van der Waals surface area contributed by atoms with Crippen LogP contribution in [0.15, 0.2) is 45.4 Å². The van der Waals surface area contributed by atoms with E-state index >= 15 is 0 Å². The molecule has 1 aromatic carbocycles. The van der Waals surface area contributed by atoms with Gasteiger partial charge in [-0.1, -0.05) is 47.8 Å². The van der Waals surface area contributed by atoms with E-state index in [0.29, 0.717) is 0 Å².